The van der Waals surface area contributed by atoms with Crippen LogP contribution in [0.5, 0.6) is 0 Å². The van der Waals surface area contributed by atoms with E-state index in [0.29, 0.717) is 18.7 Å². The Balaban J connectivity index is 1.58. The van der Waals surface area contributed by atoms with Gasteiger partial charge in [-0.2, -0.15) is 4.52 Å². The quantitative estimate of drug-likeness (QED) is 0.798. The normalized spacial score (nSPS) is 15.2. The van der Waals surface area contributed by atoms with Crippen LogP contribution in [0.15, 0.2) is 18.5 Å². The molecule has 0 bridgehead atoms. The SMILES string of the molecule is CCNC(=O)CN(CC)C(=O)C1CCN(c2ccc3nncn3n2)CC1. The van der Waals surface area contributed by atoms with Crippen molar-refractivity contribution in [3.63, 3.8) is 0 Å². The van der Waals surface area contributed by atoms with Crippen molar-refractivity contribution >= 4 is 23.3 Å². The molecule has 0 unspecified atom stereocenters. The molecule has 0 spiro atoms. The maximum Gasteiger partial charge on any atom is 0.239 e. The molecule has 0 aromatic carbocycles. The summed E-state index contributed by atoms with van der Waals surface area (Å²) in [6.07, 6.45) is 3.09. The Labute approximate surface area is 152 Å². The van der Waals surface area contributed by atoms with E-state index in [4.69, 9.17) is 0 Å². The summed E-state index contributed by atoms with van der Waals surface area (Å²) < 4.78 is 1.65. The van der Waals surface area contributed by atoms with Gasteiger partial charge in [0.15, 0.2) is 5.65 Å². The lowest BCUT2D eigenvalue weighted by atomic mass is 9.95. The molecule has 0 aliphatic carbocycles. The van der Waals surface area contributed by atoms with E-state index < -0.39 is 0 Å². The van der Waals surface area contributed by atoms with Crippen LogP contribution in [-0.2, 0) is 9.59 Å². The topological polar surface area (TPSA) is 95.7 Å². The number of carbonyl (C=O) groups is 2. The molecule has 140 valence electrons. The van der Waals surface area contributed by atoms with Gasteiger partial charge in [-0.25, -0.2) is 0 Å². The summed E-state index contributed by atoms with van der Waals surface area (Å²) in [7, 11) is 0. The van der Waals surface area contributed by atoms with Crippen LogP contribution in [0.1, 0.15) is 26.7 Å². The first-order valence-corrected chi connectivity index (χ1v) is 9.09. The van der Waals surface area contributed by atoms with Gasteiger partial charge in [0.25, 0.3) is 0 Å². The molecule has 1 aliphatic rings. The molecule has 2 aromatic heterocycles. The second-order valence-electron chi connectivity index (χ2n) is 6.39. The van der Waals surface area contributed by atoms with Crippen LogP contribution in [0.2, 0.25) is 0 Å². The molecule has 0 saturated carbocycles. The zero-order chi connectivity index (χ0) is 18.5. The van der Waals surface area contributed by atoms with Crippen LogP contribution in [0.25, 0.3) is 5.65 Å². The zero-order valence-corrected chi connectivity index (χ0v) is 15.3. The molecule has 9 heteroatoms. The first kappa shape index (κ1) is 18.1. The third-order valence-electron chi connectivity index (χ3n) is 4.72. The Bertz CT molecular complexity index is 767. The summed E-state index contributed by atoms with van der Waals surface area (Å²) in [5.41, 5.74) is 0.711. The molecule has 3 heterocycles. The third-order valence-corrected chi connectivity index (χ3v) is 4.72. The van der Waals surface area contributed by atoms with Gasteiger partial charge in [0.2, 0.25) is 11.8 Å². The summed E-state index contributed by atoms with van der Waals surface area (Å²) in [4.78, 5) is 28.3. The number of amides is 2. The number of fused-ring (bicyclic) bond motifs is 1. The Morgan fingerprint density at radius 2 is 2.04 bits per heavy atom. The predicted molar refractivity (Wildman–Crippen MR) is 96.7 cm³/mol. The number of likely N-dealkylation sites (N-methyl/N-ethyl adjacent to an activating group) is 2. The fourth-order valence-electron chi connectivity index (χ4n) is 3.27. The molecule has 0 atom stereocenters. The zero-order valence-electron chi connectivity index (χ0n) is 15.3. The highest BCUT2D eigenvalue weighted by Gasteiger charge is 2.29. The highest BCUT2D eigenvalue weighted by Crippen LogP contribution is 2.23. The standard InChI is InChI=1S/C17H25N7O2/c1-3-18-16(25)11-22(4-2)17(26)13-7-9-23(10-8-13)15-6-5-14-20-19-12-24(14)21-15/h5-6,12-13H,3-4,7-11H2,1-2H3,(H,18,25). The first-order chi connectivity index (χ1) is 12.6. The van der Waals surface area contributed by atoms with Gasteiger partial charge in [-0.3, -0.25) is 9.59 Å². The van der Waals surface area contributed by atoms with E-state index in [-0.39, 0.29) is 24.3 Å². The maximum absolute atomic E-state index is 12.7. The number of aromatic nitrogens is 4. The molecular formula is C17H25N7O2. The molecule has 2 aromatic rings. The van der Waals surface area contributed by atoms with Crippen molar-refractivity contribution in [2.45, 2.75) is 26.7 Å². The van der Waals surface area contributed by atoms with E-state index >= 15 is 0 Å². The van der Waals surface area contributed by atoms with Crippen LogP contribution < -0.4 is 10.2 Å². The van der Waals surface area contributed by atoms with E-state index in [1.807, 2.05) is 26.0 Å². The Kier molecular flexibility index (Phi) is 5.65. The van der Waals surface area contributed by atoms with Crippen molar-refractivity contribution in [1.29, 1.82) is 0 Å². The molecule has 9 nitrogen and oxygen atoms in total. The minimum atomic E-state index is -0.105. The van der Waals surface area contributed by atoms with Crippen molar-refractivity contribution < 1.29 is 9.59 Å². The Hall–Kier alpha value is -2.71. The summed E-state index contributed by atoms with van der Waals surface area (Å²) in [6.45, 7) is 6.55. The largest absolute Gasteiger partial charge is 0.355 e. The van der Waals surface area contributed by atoms with Gasteiger partial charge in [0.1, 0.15) is 12.1 Å². The van der Waals surface area contributed by atoms with Crippen molar-refractivity contribution in [3.05, 3.63) is 18.5 Å². The highest BCUT2D eigenvalue weighted by atomic mass is 16.2. The van der Waals surface area contributed by atoms with Crippen LogP contribution >= 0.6 is 0 Å². The Morgan fingerprint density at radius 3 is 2.73 bits per heavy atom. The molecule has 1 N–H and O–H groups in total. The molecule has 1 aliphatic heterocycles. The van der Waals surface area contributed by atoms with Crippen LogP contribution in [0.3, 0.4) is 0 Å². The van der Waals surface area contributed by atoms with Crippen molar-refractivity contribution in [1.82, 2.24) is 30.0 Å². The van der Waals surface area contributed by atoms with Crippen LogP contribution in [-0.4, -0.2) is 69.2 Å². The third kappa shape index (κ3) is 3.92. The predicted octanol–water partition coefficient (Wildman–Crippen LogP) is 0.325. The van der Waals surface area contributed by atoms with Crippen LogP contribution in [0.4, 0.5) is 5.82 Å². The number of anilines is 1. The van der Waals surface area contributed by atoms with Crippen molar-refractivity contribution in [2.24, 2.45) is 5.92 Å². The lowest BCUT2D eigenvalue weighted by Gasteiger charge is -2.34. The molecule has 1 fully saturated rings. The lowest BCUT2D eigenvalue weighted by Crippen LogP contribution is -2.46. The second kappa shape index (κ2) is 8.11. The van der Waals surface area contributed by atoms with Gasteiger partial charge in [-0.15, -0.1) is 15.3 Å². The van der Waals surface area contributed by atoms with Gasteiger partial charge in [0, 0.05) is 32.1 Å². The number of rotatable bonds is 6. The maximum atomic E-state index is 12.7. The van der Waals surface area contributed by atoms with E-state index in [2.05, 4.69) is 25.5 Å². The molecule has 0 radical (unpaired) electrons. The fourth-order valence-corrected chi connectivity index (χ4v) is 3.27. The van der Waals surface area contributed by atoms with E-state index in [1.165, 1.54) is 0 Å². The lowest BCUT2D eigenvalue weighted by molar-refractivity contribution is -0.139. The summed E-state index contributed by atoms with van der Waals surface area (Å²) >= 11 is 0. The molecular weight excluding hydrogens is 334 g/mol. The van der Waals surface area contributed by atoms with Crippen molar-refractivity contribution in [2.75, 3.05) is 37.6 Å². The van der Waals surface area contributed by atoms with Gasteiger partial charge < -0.3 is 15.1 Å². The fraction of sp³-hybridized carbons (Fsp3) is 0.588. The average Bonchev–Trinajstić information content (AvgIpc) is 3.13. The Morgan fingerprint density at radius 1 is 1.27 bits per heavy atom. The van der Waals surface area contributed by atoms with Crippen LogP contribution in [0, 0.1) is 5.92 Å². The average molecular weight is 359 g/mol. The monoisotopic (exact) mass is 359 g/mol. The number of piperidine rings is 1. The van der Waals surface area contributed by atoms with E-state index in [1.54, 1.807) is 15.7 Å². The first-order valence-electron chi connectivity index (χ1n) is 9.09. The number of nitrogens with zero attached hydrogens (tertiary/aromatic N) is 6. The van der Waals surface area contributed by atoms with E-state index in [0.717, 1.165) is 31.7 Å². The number of carbonyl (C=O) groups excluding carboxylic acids is 2. The highest BCUT2D eigenvalue weighted by molar-refractivity contribution is 5.86. The second-order valence-corrected chi connectivity index (χ2v) is 6.39. The van der Waals surface area contributed by atoms with Gasteiger partial charge in [-0.1, -0.05) is 0 Å². The van der Waals surface area contributed by atoms with E-state index in [9.17, 15) is 9.59 Å². The minimum Gasteiger partial charge on any atom is -0.355 e. The number of hydrogen-bond donors (Lipinski definition) is 1. The number of hydrogen-bond acceptors (Lipinski definition) is 6. The smallest absolute Gasteiger partial charge is 0.239 e. The summed E-state index contributed by atoms with van der Waals surface area (Å²) in [5.74, 6) is 0.782. The summed E-state index contributed by atoms with van der Waals surface area (Å²) in [6, 6.07) is 3.82. The summed E-state index contributed by atoms with van der Waals surface area (Å²) in [5, 5.41) is 15.0. The van der Waals surface area contributed by atoms with Crippen molar-refractivity contribution in [3.8, 4) is 0 Å². The number of nitrogens with one attached hydrogen (secondary N) is 1. The molecule has 26 heavy (non-hydrogen) atoms. The molecule has 2 amide bonds. The van der Waals surface area contributed by atoms with Gasteiger partial charge >= 0.3 is 0 Å². The molecule has 3 rings (SSSR count). The minimum absolute atomic E-state index is 0.0423. The molecule has 1 saturated heterocycles. The van der Waals surface area contributed by atoms with Gasteiger partial charge in [-0.05, 0) is 38.8 Å². The van der Waals surface area contributed by atoms with Gasteiger partial charge in [0.05, 0.1) is 6.54 Å².